The molecular weight excluding hydrogens is 330 g/mol. The molecule has 134 valence electrons. The van der Waals surface area contributed by atoms with Crippen molar-refractivity contribution in [2.24, 2.45) is 13.0 Å². The Labute approximate surface area is 151 Å². The smallest absolute Gasteiger partial charge is 0.229 e. The Morgan fingerprint density at radius 2 is 2.12 bits per heavy atom. The molecule has 26 heavy (non-hydrogen) atoms. The number of rotatable bonds is 5. The summed E-state index contributed by atoms with van der Waals surface area (Å²) < 4.78 is 3.53. The molecule has 2 aromatic heterocycles. The van der Waals surface area contributed by atoms with Gasteiger partial charge in [0.1, 0.15) is 12.7 Å². The molecule has 2 atom stereocenters. The van der Waals surface area contributed by atoms with E-state index >= 15 is 0 Å². The molecule has 0 radical (unpaired) electrons. The molecule has 3 aromatic rings. The number of carbonyl (C=O) groups excluding carboxylic acids is 1. The van der Waals surface area contributed by atoms with Gasteiger partial charge in [-0.1, -0.05) is 12.1 Å². The van der Waals surface area contributed by atoms with Gasteiger partial charge in [0.05, 0.1) is 18.7 Å². The maximum Gasteiger partial charge on any atom is 0.229 e. The minimum atomic E-state index is -0.103. The van der Waals surface area contributed by atoms with E-state index in [2.05, 4.69) is 25.8 Å². The van der Waals surface area contributed by atoms with Gasteiger partial charge in [-0.05, 0) is 23.3 Å². The number of nitrogens with one attached hydrogen (secondary N) is 2. The highest BCUT2D eigenvalue weighted by atomic mass is 16.1. The van der Waals surface area contributed by atoms with Crippen LogP contribution in [0.2, 0.25) is 0 Å². The third-order valence-corrected chi connectivity index (χ3v) is 4.74. The number of aryl methyl sites for hydroxylation is 1. The van der Waals surface area contributed by atoms with E-state index in [1.54, 1.807) is 15.7 Å². The minimum absolute atomic E-state index is 0.0351. The SMILES string of the molecule is Cn1cc([C@H]2CNC[C@@H]2C(=O)Nc2ccc(Cn3cncn3)cc2)cn1. The van der Waals surface area contributed by atoms with Crippen molar-refractivity contribution in [1.82, 2.24) is 29.9 Å². The Balaban J connectivity index is 1.41. The maximum absolute atomic E-state index is 12.7. The van der Waals surface area contributed by atoms with Crippen molar-refractivity contribution < 1.29 is 4.79 Å². The summed E-state index contributed by atoms with van der Waals surface area (Å²) in [4.78, 5) is 16.7. The zero-order chi connectivity index (χ0) is 17.9. The van der Waals surface area contributed by atoms with Crippen LogP contribution in [0.15, 0.2) is 49.3 Å². The van der Waals surface area contributed by atoms with E-state index in [1.165, 1.54) is 6.33 Å². The van der Waals surface area contributed by atoms with E-state index in [9.17, 15) is 4.79 Å². The predicted octanol–water partition coefficient (Wildman–Crippen LogP) is 1.00. The van der Waals surface area contributed by atoms with Gasteiger partial charge in [0, 0.05) is 37.9 Å². The standard InChI is InChI=1S/C18H21N7O/c1-24-10-14(6-21-24)16-7-19-8-17(16)18(26)23-15-4-2-13(3-5-15)9-25-12-20-11-22-25/h2-6,10-12,16-17,19H,7-9H2,1H3,(H,23,26)/t16-,17+/m1/s1. The third kappa shape index (κ3) is 3.50. The van der Waals surface area contributed by atoms with Crippen LogP contribution in [0.3, 0.4) is 0 Å². The summed E-state index contributed by atoms with van der Waals surface area (Å²) in [6.45, 7) is 2.13. The summed E-state index contributed by atoms with van der Waals surface area (Å²) in [7, 11) is 1.89. The van der Waals surface area contributed by atoms with E-state index in [1.807, 2.05) is 43.7 Å². The van der Waals surface area contributed by atoms with Gasteiger partial charge in [-0.15, -0.1) is 0 Å². The van der Waals surface area contributed by atoms with E-state index in [4.69, 9.17) is 0 Å². The van der Waals surface area contributed by atoms with Crippen LogP contribution >= 0.6 is 0 Å². The second kappa shape index (κ2) is 7.09. The van der Waals surface area contributed by atoms with Crippen LogP contribution in [-0.4, -0.2) is 43.5 Å². The molecule has 1 amide bonds. The summed E-state index contributed by atoms with van der Waals surface area (Å²) in [5.74, 6) is 0.0807. The molecule has 2 N–H and O–H groups in total. The van der Waals surface area contributed by atoms with E-state index in [0.29, 0.717) is 13.1 Å². The van der Waals surface area contributed by atoms with Gasteiger partial charge >= 0.3 is 0 Å². The van der Waals surface area contributed by atoms with Crippen LogP contribution in [-0.2, 0) is 18.4 Å². The molecule has 4 rings (SSSR count). The molecule has 8 nitrogen and oxygen atoms in total. The molecule has 0 aliphatic carbocycles. The number of carbonyl (C=O) groups is 1. The Morgan fingerprint density at radius 3 is 2.81 bits per heavy atom. The number of anilines is 1. The summed E-state index contributed by atoms with van der Waals surface area (Å²) >= 11 is 0. The lowest BCUT2D eigenvalue weighted by molar-refractivity contribution is -0.119. The van der Waals surface area contributed by atoms with Crippen LogP contribution in [0.5, 0.6) is 0 Å². The number of benzene rings is 1. The molecule has 8 heteroatoms. The monoisotopic (exact) mass is 351 g/mol. The zero-order valence-corrected chi connectivity index (χ0v) is 14.5. The second-order valence-electron chi connectivity index (χ2n) is 6.60. The molecule has 3 heterocycles. The first-order chi connectivity index (χ1) is 12.7. The summed E-state index contributed by atoms with van der Waals surface area (Å²) in [6.07, 6.45) is 7.03. The third-order valence-electron chi connectivity index (χ3n) is 4.74. The lowest BCUT2D eigenvalue weighted by Crippen LogP contribution is -2.28. The van der Waals surface area contributed by atoms with E-state index < -0.39 is 0 Å². The highest BCUT2D eigenvalue weighted by Gasteiger charge is 2.34. The molecule has 0 unspecified atom stereocenters. The zero-order valence-electron chi connectivity index (χ0n) is 14.5. The fraction of sp³-hybridized carbons (Fsp3) is 0.333. The summed E-state index contributed by atoms with van der Waals surface area (Å²) in [6, 6.07) is 7.82. The number of hydrogen-bond donors (Lipinski definition) is 2. The van der Waals surface area contributed by atoms with Crippen molar-refractivity contribution in [3.8, 4) is 0 Å². The molecule has 1 saturated heterocycles. The number of amides is 1. The normalized spacial score (nSPS) is 19.6. The van der Waals surface area contributed by atoms with Crippen LogP contribution < -0.4 is 10.6 Å². The first-order valence-corrected chi connectivity index (χ1v) is 8.60. The predicted molar refractivity (Wildman–Crippen MR) is 96.5 cm³/mol. The van der Waals surface area contributed by atoms with Gasteiger partial charge in [-0.25, -0.2) is 9.67 Å². The van der Waals surface area contributed by atoms with Gasteiger partial charge in [-0.3, -0.25) is 9.48 Å². The fourth-order valence-corrected chi connectivity index (χ4v) is 3.37. The lowest BCUT2D eigenvalue weighted by atomic mass is 9.90. The van der Waals surface area contributed by atoms with Crippen molar-refractivity contribution >= 4 is 11.6 Å². The van der Waals surface area contributed by atoms with Crippen LogP contribution in [0.25, 0.3) is 0 Å². The first kappa shape index (κ1) is 16.5. The molecule has 0 saturated carbocycles. The molecule has 1 aromatic carbocycles. The van der Waals surface area contributed by atoms with Gasteiger partial charge in [0.2, 0.25) is 5.91 Å². The number of hydrogen-bond acceptors (Lipinski definition) is 5. The van der Waals surface area contributed by atoms with Crippen molar-refractivity contribution in [2.75, 3.05) is 18.4 Å². The Morgan fingerprint density at radius 1 is 1.27 bits per heavy atom. The fourth-order valence-electron chi connectivity index (χ4n) is 3.37. The Kier molecular flexibility index (Phi) is 4.49. The Bertz CT molecular complexity index is 869. The first-order valence-electron chi connectivity index (χ1n) is 8.60. The van der Waals surface area contributed by atoms with Crippen molar-refractivity contribution in [3.63, 3.8) is 0 Å². The maximum atomic E-state index is 12.7. The summed E-state index contributed by atoms with van der Waals surface area (Å²) in [5, 5.41) is 14.7. The van der Waals surface area contributed by atoms with Crippen molar-refractivity contribution in [1.29, 1.82) is 0 Å². The minimum Gasteiger partial charge on any atom is -0.326 e. The van der Waals surface area contributed by atoms with Gasteiger partial charge in [-0.2, -0.15) is 10.2 Å². The molecule has 0 bridgehead atoms. The molecule has 0 spiro atoms. The number of nitrogens with zero attached hydrogens (tertiary/aromatic N) is 5. The lowest BCUT2D eigenvalue weighted by Gasteiger charge is -2.17. The number of aromatic nitrogens is 5. The molecule has 1 aliphatic rings. The average molecular weight is 351 g/mol. The van der Waals surface area contributed by atoms with Crippen molar-refractivity contribution in [2.45, 2.75) is 12.5 Å². The largest absolute Gasteiger partial charge is 0.326 e. The van der Waals surface area contributed by atoms with E-state index in [-0.39, 0.29) is 17.7 Å². The Hall–Kier alpha value is -3.00. The van der Waals surface area contributed by atoms with Crippen LogP contribution in [0, 0.1) is 5.92 Å². The van der Waals surface area contributed by atoms with Gasteiger partial charge < -0.3 is 10.6 Å². The van der Waals surface area contributed by atoms with Gasteiger partial charge in [0.25, 0.3) is 0 Å². The quantitative estimate of drug-likeness (QED) is 0.716. The van der Waals surface area contributed by atoms with E-state index in [0.717, 1.165) is 23.4 Å². The molecule has 1 fully saturated rings. The van der Waals surface area contributed by atoms with Crippen LogP contribution in [0.4, 0.5) is 5.69 Å². The second-order valence-corrected chi connectivity index (χ2v) is 6.60. The van der Waals surface area contributed by atoms with Gasteiger partial charge in [0.15, 0.2) is 0 Å². The molecule has 1 aliphatic heterocycles. The highest BCUT2D eigenvalue weighted by Crippen LogP contribution is 2.28. The topological polar surface area (TPSA) is 89.7 Å². The molecular formula is C18H21N7O. The average Bonchev–Trinajstić information content (AvgIpc) is 3.37. The highest BCUT2D eigenvalue weighted by molar-refractivity contribution is 5.93. The van der Waals surface area contributed by atoms with Crippen LogP contribution in [0.1, 0.15) is 17.0 Å². The van der Waals surface area contributed by atoms with Crippen molar-refractivity contribution in [3.05, 3.63) is 60.4 Å². The summed E-state index contributed by atoms with van der Waals surface area (Å²) in [5.41, 5.74) is 3.00.